The SMILES string of the molecule is CCCCCCCC(NCCC)c1ccc(Cl)c(C)c1. The number of benzene rings is 1. The monoisotopic (exact) mass is 295 g/mol. The van der Waals surface area contributed by atoms with Gasteiger partial charge in [0.1, 0.15) is 0 Å². The minimum atomic E-state index is 0.479. The van der Waals surface area contributed by atoms with E-state index in [0.29, 0.717) is 6.04 Å². The number of unbranched alkanes of at least 4 members (excludes halogenated alkanes) is 4. The molecule has 1 atom stereocenters. The molecule has 1 rings (SSSR count). The van der Waals surface area contributed by atoms with Gasteiger partial charge < -0.3 is 5.32 Å². The van der Waals surface area contributed by atoms with Crippen LogP contribution in [-0.4, -0.2) is 6.54 Å². The first kappa shape index (κ1) is 17.5. The van der Waals surface area contributed by atoms with Crippen molar-refractivity contribution in [3.05, 3.63) is 34.3 Å². The molecule has 1 aromatic carbocycles. The normalized spacial score (nSPS) is 12.6. The van der Waals surface area contributed by atoms with Gasteiger partial charge in [-0.25, -0.2) is 0 Å². The van der Waals surface area contributed by atoms with E-state index in [1.165, 1.54) is 56.1 Å². The first-order valence-electron chi connectivity index (χ1n) is 8.18. The van der Waals surface area contributed by atoms with Crippen molar-refractivity contribution in [2.24, 2.45) is 0 Å². The van der Waals surface area contributed by atoms with E-state index in [4.69, 9.17) is 11.6 Å². The number of hydrogen-bond donors (Lipinski definition) is 1. The third-order valence-corrected chi connectivity index (χ3v) is 4.25. The molecule has 1 unspecified atom stereocenters. The highest BCUT2D eigenvalue weighted by Crippen LogP contribution is 2.24. The molecule has 1 aromatic rings. The summed E-state index contributed by atoms with van der Waals surface area (Å²) in [6, 6.07) is 6.92. The fourth-order valence-electron chi connectivity index (χ4n) is 2.54. The van der Waals surface area contributed by atoms with Gasteiger partial charge in [0.05, 0.1) is 0 Å². The minimum absolute atomic E-state index is 0.479. The lowest BCUT2D eigenvalue weighted by atomic mass is 9.98. The van der Waals surface area contributed by atoms with Gasteiger partial charge in [-0.2, -0.15) is 0 Å². The van der Waals surface area contributed by atoms with E-state index in [-0.39, 0.29) is 0 Å². The Morgan fingerprint density at radius 2 is 1.80 bits per heavy atom. The third kappa shape index (κ3) is 6.28. The van der Waals surface area contributed by atoms with Crippen LogP contribution in [0.1, 0.15) is 76.0 Å². The van der Waals surface area contributed by atoms with Crippen molar-refractivity contribution >= 4 is 11.6 Å². The van der Waals surface area contributed by atoms with Crippen molar-refractivity contribution in [2.75, 3.05) is 6.54 Å². The van der Waals surface area contributed by atoms with Crippen LogP contribution in [0.4, 0.5) is 0 Å². The standard InChI is InChI=1S/C18H30ClN/c1-4-6-7-8-9-10-18(20-13-5-2)16-11-12-17(19)15(3)14-16/h11-12,14,18,20H,4-10,13H2,1-3H3. The second-order valence-electron chi connectivity index (χ2n) is 5.72. The molecule has 1 N–H and O–H groups in total. The summed E-state index contributed by atoms with van der Waals surface area (Å²) < 4.78 is 0. The first-order chi connectivity index (χ1) is 9.69. The Hall–Kier alpha value is -0.530. The molecule has 0 saturated heterocycles. The summed E-state index contributed by atoms with van der Waals surface area (Å²) in [5.74, 6) is 0. The Labute approximate surface area is 130 Å². The summed E-state index contributed by atoms with van der Waals surface area (Å²) >= 11 is 6.13. The van der Waals surface area contributed by atoms with Gasteiger partial charge in [0.2, 0.25) is 0 Å². The van der Waals surface area contributed by atoms with Gasteiger partial charge in [-0.15, -0.1) is 0 Å². The highest BCUT2D eigenvalue weighted by Gasteiger charge is 2.11. The molecule has 20 heavy (non-hydrogen) atoms. The Morgan fingerprint density at radius 3 is 2.45 bits per heavy atom. The average Bonchev–Trinajstić information content (AvgIpc) is 2.45. The molecule has 0 bridgehead atoms. The van der Waals surface area contributed by atoms with Gasteiger partial charge in [0.25, 0.3) is 0 Å². The molecule has 0 amide bonds. The lowest BCUT2D eigenvalue weighted by Crippen LogP contribution is -2.22. The van der Waals surface area contributed by atoms with Gasteiger partial charge in [0.15, 0.2) is 0 Å². The molecule has 0 saturated carbocycles. The van der Waals surface area contributed by atoms with E-state index >= 15 is 0 Å². The zero-order valence-corrected chi connectivity index (χ0v) is 14.1. The van der Waals surface area contributed by atoms with Crippen LogP contribution in [0.3, 0.4) is 0 Å². The van der Waals surface area contributed by atoms with Crippen molar-refractivity contribution in [2.45, 2.75) is 71.8 Å². The number of halogens is 1. The Balaban J connectivity index is 2.55. The number of nitrogens with one attached hydrogen (secondary N) is 1. The van der Waals surface area contributed by atoms with Gasteiger partial charge in [0, 0.05) is 11.1 Å². The molecule has 0 spiro atoms. The van der Waals surface area contributed by atoms with E-state index in [1.807, 2.05) is 6.07 Å². The number of aryl methyl sites for hydroxylation is 1. The zero-order chi connectivity index (χ0) is 14.8. The second kappa shape index (κ2) is 10.2. The molecular formula is C18H30ClN. The summed E-state index contributed by atoms with van der Waals surface area (Å²) in [6.45, 7) is 7.66. The maximum Gasteiger partial charge on any atom is 0.0435 e. The van der Waals surface area contributed by atoms with Crippen molar-refractivity contribution in [1.82, 2.24) is 5.32 Å². The predicted octanol–water partition coefficient (Wildman–Crippen LogP) is 6.05. The van der Waals surface area contributed by atoms with E-state index in [9.17, 15) is 0 Å². The molecular weight excluding hydrogens is 266 g/mol. The number of hydrogen-bond acceptors (Lipinski definition) is 1. The lowest BCUT2D eigenvalue weighted by Gasteiger charge is -2.20. The second-order valence-corrected chi connectivity index (χ2v) is 6.13. The van der Waals surface area contributed by atoms with Crippen LogP contribution in [0.25, 0.3) is 0 Å². The summed E-state index contributed by atoms with van der Waals surface area (Å²) in [4.78, 5) is 0. The van der Waals surface area contributed by atoms with Gasteiger partial charge in [-0.05, 0) is 43.5 Å². The summed E-state index contributed by atoms with van der Waals surface area (Å²) in [6.07, 6.45) is 9.12. The average molecular weight is 296 g/mol. The predicted molar refractivity (Wildman–Crippen MR) is 90.6 cm³/mol. The van der Waals surface area contributed by atoms with Crippen molar-refractivity contribution in [1.29, 1.82) is 0 Å². The smallest absolute Gasteiger partial charge is 0.0435 e. The quantitative estimate of drug-likeness (QED) is 0.518. The maximum atomic E-state index is 6.13. The summed E-state index contributed by atoms with van der Waals surface area (Å²) in [7, 11) is 0. The molecule has 0 aliphatic carbocycles. The van der Waals surface area contributed by atoms with Crippen molar-refractivity contribution in [3.8, 4) is 0 Å². The molecule has 0 aliphatic heterocycles. The van der Waals surface area contributed by atoms with E-state index in [0.717, 1.165) is 11.6 Å². The zero-order valence-electron chi connectivity index (χ0n) is 13.3. The molecule has 0 aliphatic rings. The Bertz CT molecular complexity index is 376. The molecule has 0 heterocycles. The van der Waals surface area contributed by atoms with E-state index < -0.39 is 0 Å². The highest BCUT2D eigenvalue weighted by atomic mass is 35.5. The highest BCUT2D eigenvalue weighted by molar-refractivity contribution is 6.31. The Kier molecular flexibility index (Phi) is 8.97. The van der Waals surface area contributed by atoms with Crippen LogP contribution in [-0.2, 0) is 0 Å². The number of rotatable bonds is 10. The molecule has 114 valence electrons. The van der Waals surface area contributed by atoms with Crippen LogP contribution in [0.2, 0.25) is 5.02 Å². The third-order valence-electron chi connectivity index (χ3n) is 3.82. The van der Waals surface area contributed by atoms with Crippen molar-refractivity contribution in [3.63, 3.8) is 0 Å². The minimum Gasteiger partial charge on any atom is -0.310 e. The Morgan fingerprint density at radius 1 is 1.05 bits per heavy atom. The van der Waals surface area contributed by atoms with E-state index in [1.54, 1.807) is 0 Å². The van der Waals surface area contributed by atoms with Gasteiger partial charge in [-0.1, -0.05) is 69.7 Å². The van der Waals surface area contributed by atoms with Crippen LogP contribution in [0.5, 0.6) is 0 Å². The topological polar surface area (TPSA) is 12.0 Å². The molecule has 1 nitrogen and oxygen atoms in total. The molecule has 2 heteroatoms. The molecule has 0 fully saturated rings. The van der Waals surface area contributed by atoms with Crippen molar-refractivity contribution < 1.29 is 0 Å². The first-order valence-corrected chi connectivity index (χ1v) is 8.56. The molecule has 0 radical (unpaired) electrons. The van der Waals surface area contributed by atoms with Gasteiger partial charge >= 0.3 is 0 Å². The summed E-state index contributed by atoms with van der Waals surface area (Å²) in [5.41, 5.74) is 2.56. The van der Waals surface area contributed by atoms with Crippen LogP contribution >= 0.6 is 11.6 Å². The molecule has 0 aromatic heterocycles. The largest absolute Gasteiger partial charge is 0.310 e. The van der Waals surface area contributed by atoms with Crippen LogP contribution in [0.15, 0.2) is 18.2 Å². The van der Waals surface area contributed by atoms with E-state index in [2.05, 4.69) is 38.2 Å². The maximum absolute atomic E-state index is 6.13. The lowest BCUT2D eigenvalue weighted by molar-refractivity contribution is 0.468. The van der Waals surface area contributed by atoms with Crippen LogP contribution < -0.4 is 5.32 Å². The van der Waals surface area contributed by atoms with Crippen LogP contribution in [0, 0.1) is 6.92 Å². The van der Waals surface area contributed by atoms with Gasteiger partial charge in [-0.3, -0.25) is 0 Å². The fraction of sp³-hybridized carbons (Fsp3) is 0.667. The fourth-order valence-corrected chi connectivity index (χ4v) is 2.66. The summed E-state index contributed by atoms with van der Waals surface area (Å²) in [5, 5.41) is 4.55.